The third-order valence-corrected chi connectivity index (χ3v) is 8.00. The van der Waals surface area contributed by atoms with Crippen LogP contribution in [0.4, 0.5) is 11.4 Å². The van der Waals surface area contributed by atoms with E-state index in [9.17, 15) is 13.2 Å². The SMILES string of the molecule is Cc1ccc(-n2nnc3ccccc32)cc1C(=O)NC(=S)Nc1ccc(S(=O)(=O)Nc2c(C)cccc2C)cc1. The molecule has 0 bridgehead atoms. The highest BCUT2D eigenvalue weighted by Crippen LogP contribution is 2.24. The minimum atomic E-state index is -3.79. The standard InChI is InChI=1S/C29H26N6O3S2/c1-18-11-14-22(35-26-10-5-4-9-25(26)32-34-35)17-24(18)28(36)31-29(39)30-21-12-15-23(16-13-21)40(37,38)33-27-19(2)7-6-8-20(27)3/h4-17,33H,1-3H3,(H2,30,31,36,39). The number of amides is 1. The quantitative estimate of drug-likeness (QED) is 0.238. The first-order valence-electron chi connectivity index (χ1n) is 12.4. The summed E-state index contributed by atoms with van der Waals surface area (Å²) in [6, 6.07) is 24.7. The van der Waals surface area contributed by atoms with E-state index in [4.69, 9.17) is 12.2 Å². The number of benzene rings is 4. The van der Waals surface area contributed by atoms with Crippen molar-refractivity contribution in [2.45, 2.75) is 25.7 Å². The first-order chi connectivity index (χ1) is 19.1. The van der Waals surface area contributed by atoms with Crippen LogP contribution in [0.15, 0.2) is 89.8 Å². The lowest BCUT2D eigenvalue weighted by Gasteiger charge is -2.14. The van der Waals surface area contributed by atoms with Gasteiger partial charge in [0.1, 0.15) is 5.52 Å². The normalized spacial score (nSPS) is 11.3. The molecule has 0 aliphatic rings. The molecule has 0 radical (unpaired) electrons. The molecule has 0 aliphatic heterocycles. The highest BCUT2D eigenvalue weighted by molar-refractivity contribution is 7.92. The van der Waals surface area contributed by atoms with Crippen LogP contribution in [-0.4, -0.2) is 34.4 Å². The van der Waals surface area contributed by atoms with Crippen LogP contribution in [-0.2, 0) is 10.0 Å². The number of para-hydroxylation sites is 2. The second kappa shape index (κ2) is 10.9. The monoisotopic (exact) mass is 570 g/mol. The van der Waals surface area contributed by atoms with Crippen LogP contribution in [0.1, 0.15) is 27.0 Å². The molecule has 0 fully saturated rings. The first kappa shape index (κ1) is 27.0. The number of carbonyl (C=O) groups is 1. The molecule has 0 aliphatic carbocycles. The summed E-state index contributed by atoms with van der Waals surface area (Å²) in [6.07, 6.45) is 0. The fraction of sp³-hybridized carbons (Fsp3) is 0.103. The van der Waals surface area contributed by atoms with E-state index < -0.39 is 15.9 Å². The summed E-state index contributed by atoms with van der Waals surface area (Å²) in [5, 5.41) is 14.1. The lowest BCUT2D eigenvalue weighted by molar-refractivity contribution is 0.0977. The highest BCUT2D eigenvalue weighted by atomic mass is 32.2. The van der Waals surface area contributed by atoms with Crippen molar-refractivity contribution in [3.05, 3.63) is 107 Å². The van der Waals surface area contributed by atoms with Crippen LogP contribution in [0.25, 0.3) is 16.7 Å². The van der Waals surface area contributed by atoms with Crippen LogP contribution in [0.2, 0.25) is 0 Å². The largest absolute Gasteiger partial charge is 0.332 e. The van der Waals surface area contributed by atoms with E-state index in [-0.39, 0.29) is 10.0 Å². The van der Waals surface area contributed by atoms with Crippen molar-refractivity contribution < 1.29 is 13.2 Å². The molecule has 0 atom stereocenters. The number of thiocarbonyl (C=S) groups is 1. The topological polar surface area (TPSA) is 118 Å². The fourth-order valence-electron chi connectivity index (χ4n) is 4.26. The van der Waals surface area contributed by atoms with Crippen LogP contribution < -0.4 is 15.4 Å². The molecule has 5 rings (SSSR count). The van der Waals surface area contributed by atoms with Crippen LogP contribution in [0.3, 0.4) is 0 Å². The summed E-state index contributed by atoms with van der Waals surface area (Å²) in [5.74, 6) is -0.390. The lowest BCUT2D eigenvalue weighted by atomic mass is 10.1. The number of aryl methyl sites for hydroxylation is 3. The number of fused-ring (bicyclic) bond motifs is 1. The maximum Gasteiger partial charge on any atom is 0.261 e. The molecule has 4 aromatic carbocycles. The molecule has 3 N–H and O–H groups in total. The number of nitrogens with one attached hydrogen (secondary N) is 3. The molecule has 0 unspecified atom stereocenters. The molecule has 0 saturated heterocycles. The van der Waals surface area contributed by atoms with Crippen LogP contribution in [0, 0.1) is 20.8 Å². The molecular formula is C29H26N6O3S2. The Hall–Kier alpha value is -4.61. The summed E-state index contributed by atoms with van der Waals surface area (Å²) in [7, 11) is -3.79. The third kappa shape index (κ3) is 5.56. The van der Waals surface area contributed by atoms with Crippen molar-refractivity contribution in [2.24, 2.45) is 0 Å². The van der Waals surface area contributed by atoms with Crippen molar-refractivity contribution >= 4 is 55.7 Å². The van der Waals surface area contributed by atoms with Gasteiger partial charge in [-0.15, -0.1) is 5.10 Å². The maximum absolute atomic E-state index is 13.1. The summed E-state index contributed by atoms with van der Waals surface area (Å²) in [5.41, 5.74) is 6.20. The molecule has 0 spiro atoms. The number of nitrogens with zero attached hydrogens (tertiary/aromatic N) is 3. The Kier molecular flexibility index (Phi) is 7.33. The van der Waals surface area contributed by atoms with E-state index in [1.807, 2.05) is 75.4 Å². The van der Waals surface area contributed by atoms with Gasteiger partial charge < -0.3 is 5.32 Å². The van der Waals surface area contributed by atoms with Gasteiger partial charge in [0.15, 0.2) is 5.11 Å². The minimum absolute atomic E-state index is 0.0743. The molecule has 202 valence electrons. The predicted molar refractivity (Wildman–Crippen MR) is 160 cm³/mol. The average Bonchev–Trinajstić information content (AvgIpc) is 3.35. The van der Waals surface area contributed by atoms with Gasteiger partial charge in [0.2, 0.25) is 0 Å². The lowest BCUT2D eigenvalue weighted by Crippen LogP contribution is -2.34. The van der Waals surface area contributed by atoms with E-state index in [1.54, 1.807) is 22.9 Å². The van der Waals surface area contributed by atoms with E-state index in [2.05, 4.69) is 25.7 Å². The van der Waals surface area contributed by atoms with Crippen molar-refractivity contribution in [2.75, 3.05) is 10.0 Å². The zero-order valence-electron chi connectivity index (χ0n) is 22.0. The molecule has 5 aromatic rings. The van der Waals surface area contributed by atoms with Crippen molar-refractivity contribution in [3.8, 4) is 5.69 Å². The molecule has 40 heavy (non-hydrogen) atoms. The van der Waals surface area contributed by atoms with Crippen LogP contribution >= 0.6 is 12.2 Å². The summed E-state index contributed by atoms with van der Waals surface area (Å²) < 4.78 is 30.2. The zero-order valence-corrected chi connectivity index (χ0v) is 23.6. The second-order valence-electron chi connectivity index (χ2n) is 9.29. The van der Waals surface area contributed by atoms with Gasteiger partial charge in [0, 0.05) is 11.3 Å². The van der Waals surface area contributed by atoms with Gasteiger partial charge in [0.25, 0.3) is 15.9 Å². The average molecular weight is 571 g/mol. The van der Waals surface area contributed by atoms with Crippen LogP contribution in [0.5, 0.6) is 0 Å². The number of anilines is 2. The smallest absolute Gasteiger partial charge is 0.261 e. The van der Waals surface area contributed by atoms with Gasteiger partial charge in [-0.1, -0.05) is 41.6 Å². The summed E-state index contributed by atoms with van der Waals surface area (Å²) in [6.45, 7) is 5.53. The zero-order chi connectivity index (χ0) is 28.4. The summed E-state index contributed by atoms with van der Waals surface area (Å²) in [4.78, 5) is 13.2. The third-order valence-electron chi connectivity index (χ3n) is 6.43. The molecular weight excluding hydrogens is 544 g/mol. The van der Waals surface area contributed by atoms with E-state index >= 15 is 0 Å². The second-order valence-corrected chi connectivity index (χ2v) is 11.4. The number of aromatic nitrogens is 3. The first-order valence-corrected chi connectivity index (χ1v) is 14.2. The molecule has 1 aromatic heterocycles. The summed E-state index contributed by atoms with van der Waals surface area (Å²) >= 11 is 5.35. The van der Waals surface area contributed by atoms with Crippen molar-refractivity contribution in [1.82, 2.24) is 20.3 Å². The molecule has 9 nitrogen and oxygen atoms in total. The van der Waals surface area contributed by atoms with E-state index in [0.717, 1.165) is 27.7 Å². The molecule has 0 saturated carbocycles. The van der Waals surface area contributed by atoms with Crippen molar-refractivity contribution in [1.29, 1.82) is 0 Å². The Balaban J connectivity index is 1.27. The molecule has 1 amide bonds. The minimum Gasteiger partial charge on any atom is -0.332 e. The number of sulfonamides is 1. The Morgan fingerprint density at radius 1 is 0.850 bits per heavy atom. The van der Waals surface area contributed by atoms with Gasteiger partial charge in [-0.2, -0.15) is 0 Å². The van der Waals surface area contributed by atoms with Gasteiger partial charge in [-0.3, -0.25) is 14.8 Å². The predicted octanol–water partition coefficient (Wildman–Crippen LogP) is 5.27. The fourth-order valence-corrected chi connectivity index (χ4v) is 5.68. The molecule has 1 heterocycles. The Morgan fingerprint density at radius 2 is 1.55 bits per heavy atom. The van der Waals surface area contributed by atoms with Gasteiger partial charge >= 0.3 is 0 Å². The highest BCUT2D eigenvalue weighted by Gasteiger charge is 2.17. The Bertz CT molecular complexity index is 1840. The number of carbonyl (C=O) groups excluding carboxylic acids is 1. The van der Waals surface area contributed by atoms with Gasteiger partial charge in [0.05, 0.1) is 21.8 Å². The Labute approximate surface area is 237 Å². The van der Waals surface area contributed by atoms with Gasteiger partial charge in [-0.25, -0.2) is 13.1 Å². The number of rotatable bonds is 6. The Morgan fingerprint density at radius 3 is 2.27 bits per heavy atom. The molecule has 11 heteroatoms. The maximum atomic E-state index is 13.1. The number of hydrogen-bond acceptors (Lipinski definition) is 6. The van der Waals surface area contributed by atoms with Crippen molar-refractivity contribution in [3.63, 3.8) is 0 Å². The van der Waals surface area contributed by atoms with Gasteiger partial charge in [-0.05, 0) is 98.2 Å². The van der Waals surface area contributed by atoms with E-state index in [0.29, 0.717) is 22.6 Å². The van der Waals surface area contributed by atoms with E-state index in [1.165, 1.54) is 12.1 Å². The number of hydrogen-bond donors (Lipinski definition) is 3.